The van der Waals surface area contributed by atoms with Crippen molar-refractivity contribution in [3.8, 4) is 5.75 Å². The maximum Gasteiger partial charge on any atom is 0.341 e. The number of hydrogen-bond donors (Lipinski definition) is 1. The smallest absolute Gasteiger partial charge is 0.341 e. The van der Waals surface area contributed by atoms with Crippen molar-refractivity contribution in [2.75, 3.05) is 6.61 Å². The van der Waals surface area contributed by atoms with Crippen LogP contribution >= 0.6 is 11.6 Å². The predicted molar refractivity (Wildman–Crippen MR) is 83.9 cm³/mol. The van der Waals surface area contributed by atoms with Crippen molar-refractivity contribution in [3.63, 3.8) is 0 Å². The third-order valence-electron chi connectivity index (χ3n) is 3.11. The second kappa shape index (κ2) is 6.62. The highest BCUT2D eigenvalue weighted by Crippen LogP contribution is 2.28. The summed E-state index contributed by atoms with van der Waals surface area (Å²) in [5, 5.41) is 9.31. The van der Waals surface area contributed by atoms with Gasteiger partial charge in [-0.3, -0.25) is 4.79 Å². The molecule has 0 unspecified atom stereocenters. The highest BCUT2D eigenvalue weighted by Gasteiger charge is 2.18. The van der Waals surface area contributed by atoms with Crippen LogP contribution in [0.4, 0.5) is 0 Å². The first kappa shape index (κ1) is 16.0. The SMILES string of the molecule is Cc1cc(C)c(OCC(=O)O)c(C(=O)c2ccc(Cl)cc2)c1. The van der Waals surface area contributed by atoms with Gasteiger partial charge in [0.15, 0.2) is 12.4 Å². The van der Waals surface area contributed by atoms with Crippen molar-refractivity contribution in [3.05, 3.63) is 63.7 Å². The number of rotatable bonds is 5. The first-order valence-corrected chi connectivity index (χ1v) is 7.02. The van der Waals surface area contributed by atoms with Crippen LogP contribution in [0.3, 0.4) is 0 Å². The lowest BCUT2D eigenvalue weighted by Gasteiger charge is -2.13. The van der Waals surface area contributed by atoms with Crippen molar-refractivity contribution in [1.82, 2.24) is 0 Å². The summed E-state index contributed by atoms with van der Waals surface area (Å²) in [7, 11) is 0. The minimum Gasteiger partial charge on any atom is -0.481 e. The van der Waals surface area contributed by atoms with Crippen LogP contribution in [-0.2, 0) is 4.79 Å². The second-order valence-electron chi connectivity index (χ2n) is 4.98. The molecule has 114 valence electrons. The molecule has 4 nitrogen and oxygen atoms in total. The van der Waals surface area contributed by atoms with Crippen LogP contribution in [0.15, 0.2) is 36.4 Å². The predicted octanol–water partition coefficient (Wildman–Crippen LogP) is 3.65. The summed E-state index contributed by atoms with van der Waals surface area (Å²) in [5.74, 6) is -1.03. The first-order chi connectivity index (χ1) is 10.4. The van der Waals surface area contributed by atoms with E-state index >= 15 is 0 Å². The van der Waals surface area contributed by atoms with Gasteiger partial charge in [-0.2, -0.15) is 0 Å². The van der Waals surface area contributed by atoms with Gasteiger partial charge in [0.05, 0.1) is 5.56 Å². The van der Waals surface area contributed by atoms with Crippen LogP contribution in [-0.4, -0.2) is 23.5 Å². The molecule has 0 aliphatic carbocycles. The highest BCUT2D eigenvalue weighted by atomic mass is 35.5. The van der Waals surface area contributed by atoms with E-state index in [1.54, 1.807) is 37.3 Å². The van der Waals surface area contributed by atoms with E-state index in [0.717, 1.165) is 11.1 Å². The number of benzene rings is 2. The Hall–Kier alpha value is -2.33. The van der Waals surface area contributed by atoms with Crippen molar-refractivity contribution < 1.29 is 19.4 Å². The molecular weight excluding hydrogens is 304 g/mol. The van der Waals surface area contributed by atoms with E-state index in [-0.39, 0.29) is 5.78 Å². The summed E-state index contributed by atoms with van der Waals surface area (Å²) in [4.78, 5) is 23.4. The van der Waals surface area contributed by atoms with E-state index in [2.05, 4.69) is 0 Å². The molecule has 0 aromatic heterocycles. The third kappa shape index (κ3) is 3.65. The summed E-state index contributed by atoms with van der Waals surface area (Å²) < 4.78 is 5.30. The fourth-order valence-corrected chi connectivity index (χ4v) is 2.33. The summed E-state index contributed by atoms with van der Waals surface area (Å²) in [6.45, 7) is 3.15. The molecule has 0 radical (unpaired) electrons. The van der Waals surface area contributed by atoms with Gasteiger partial charge in [0.25, 0.3) is 0 Å². The average molecular weight is 319 g/mol. The molecule has 2 rings (SSSR count). The number of ketones is 1. The number of ether oxygens (including phenoxy) is 1. The van der Waals surface area contributed by atoms with E-state index in [1.165, 1.54) is 0 Å². The topological polar surface area (TPSA) is 63.6 Å². The highest BCUT2D eigenvalue weighted by molar-refractivity contribution is 6.30. The second-order valence-corrected chi connectivity index (χ2v) is 5.41. The van der Waals surface area contributed by atoms with Gasteiger partial charge in [-0.25, -0.2) is 4.79 Å². The maximum absolute atomic E-state index is 12.7. The van der Waals surface area contributed by atoms with Gasteiger partial charge in [0.2, 0.25) is 0 Å². The summed E-state index contributed by atoms with van der Waals surface area (Å²) in [5.41, 5.74) is 2.44. The molecule has 0 heterocycles. The molecule has 0 saturated heterocycles. The number of hydrogen-bond acceptors (Lipinski definition) is 3. The molecule has 5 heteroatoms. The lowest BCUT2D eigenvalue weighted by molar-refractivity contribution is -0.139. The van der Waals surface area contributed by atoms with Crippen molar-refractivity contribution >= 4 is 23.4 Å². The molecule has 0 aliphatic rings. The summed E-state index contributed by atoms with van der Waals surface area (Å²) in [6.07, 6.45) is 0. The third-order valence-corrected chi connectivity index (χ3v) is 3.36. The van der Waals surface area contributed by atoms with E-state index in [4.69, 9.17) is 21.4 Å². The van der Waals surface area contributed by atoms with Crippen molar-refractivity contribution in [2.24, 2.45) is 0 Å². The molecule has 0 atom stereocenters. The van der Waals surface area contributed by atoms with Crippen LogP contribution in [0, 0.1) is 13.8 Å². The Morgan fingerprint density at radius 3 is 2.36 bits per heavy atom. The Balaban J connectivity index is 2.45. The summed E-state index contributed by atoms with van der Waals surface area (Å²) >= 11 is 5.83. The van der Waals surface area contributed by atoms with E-state index in [1.807, 2.05) is 13.0 Å². The number of aliphatic carboxylic acids is 1. The number of carboxylic acids is 1. The Kier molecular flexibility index (Phi) is 4.83. The van der Waals surface area contributed by atoms with Crippen LogP contribution in [0.5, 0.6) is 5.75 Å². The van der Waals surface area contributed by atoms with Gasteiger partial charge in [-0.15, -0.1) is 0 Å². The Labute approximate surface area is 133 Å². The average Bonchev–Trinajstić information content (AvgIpc) is 2.45. The Bertz CT molecular complexity index is 720. The van der Waals surface area contributed by atoms with E-state index in [9.17, 15) is 9.59 Å². The molecule has 2 aromatic rings. The molecule has 22 heavy (non-hydrogen) atoms. The minimum atomic E-state index is -1.09. The molecule has 0 fully saturated rings. The van der Waals surface area contributed by atoms with E-state index < -0.39 is 12.6 Å². The lowest BCUT2D eigenvalue weighted by atomic mass is 9.98. The van der Waals surface area contributed by atoms with Gasteiger partial charge < -0.3 is 9.84 Å². The van der Waals surface area contributed by atoms with Crippen molar-refractivity contribution in [1.29, 1.82) is 0 Å². The van der Waals surface area contributed by atoms with Crippen molar-refractivity contribution in [2.45, 2.75) is 13.8 Å². The number of aryl methyl sites for hydroxylation is 2. The van der Waals surface area contributed by atoms with Gasteiger partial charge in [-0.05, 0) is 55.3 Å². The molecule has 0 aliphatic heterocycles. The Morgan fingerprint density at radius 1 is 1.14 bits per heavy atom. The standard InChI is InChI=1S/C17H15ClO4/c1-10-7-11(2)17(22-9-15(19)20)14(8-10)16(21)12-3-5-13(18)6-4-12/h3-8H,9H2,1-2H3,(H,19,20). The maximum atomic E-state index is 12.7. The van der Waals surface area contributed by atoms with Gasteiger partial charge in [0, 0.05) is 10.6 Å². The normalized spacial score (nSPS) is 10.3. The largest absolute Gasteiger partial charge is 0.481 e. The molecular formula is C17H15ClO4. The number of halogens is 1. The molecule has 0 amide bonds. The zero-order valence-electron chi connectivity index (χ0n) is 12.2. The number of carboxylic acid groups (broad SMARTS) is 1. The van der Waals surface area contributed by atoms with Gasteiger partial charge in [-0.1, -0.05) is 17.7 Å². The summed E-state index contributed by atoms with van der Waals surface area (Å²) in [6, 6.07) is 10.1. The molecule has 0 bridgehead atoms. The monoisotopic (exact) mass is 318 g/mol. The lowest BCUT2D eigenvalue weighted by Crippen LogP contribution is -2.13. The van der Waals surface area contributed by atoms with Crippen LogP contribution < -0.4 is 4.74 Å². The minimum absolute atomic E-state index is 0.233. The number of carbonyl (C=O) groups excluding carboxylic acids is 1. The Morgan fingerprint density at radius 2 is 1.77 bits per heavy atom. The van der Waals surface area contributed by atoms with E-state index in [0.29, 0.717) is 21.9 Å². The molecule has 0 spiro atoms. The van der Waals surface area contributed by atoms with Gasteiger partial charge in [0.1, 0.15) is 5.75 Å². The van der Waals surface area contributed by atoms with Gasteiger partial charge >= 0.3 is 5.97 Å². The fraction of sp³-hybridized carbons (Fsp3) is 0.176. The molecule has 0 saturated carbocycles. The quantitative estimate of drug-likeness (QED) is 0.855. The molecule has 2 aromatic carbocycles. The first-order valence-electron chi connectivity index (χ1n) is 6.64. The van der Waals surface area contributed by atoms with Crippen LogP contribution in [0.25, 0.3) is 0 Å². The zero-order valence-corrected chi connectivity index (χ0v) is 13.0. The molecule has 1 N–H and O–H groups in total. The van der Waals surface area contributed by atoms with Crippen LogP contribution in [0.1, 0.15) is 27.0 Å². The number of carbonyl (C=O) groups is 2. The zero-order chi connectivity index (χ0) is 16.3. The van der Waals surface area contributed by atoms with Crippen LogP contribution in [0.2, 0.25) is 5.02 Å². The fourth-order valence-electron chi connectivity index (χ4n) is 2.21.